The van der Waals surface area contributed by atoms with Gasteiger partial charge in [0.15, 0.2) is 11.5 Å². The van der Waals surface area contributed by atoms with Crippen LogP contribution >= 0.6 is 0 Å². The molecule has 204 valence electrons. The number of quaternary nitrogens is 1. The monoisotopic (exact) mass is 525 g/mol. The van der Waals surface area contributed by atoms with E-state index in [2.05, 4.69) is 13.8 Å². The van der Waals surface area contributed by atoms with Gasteiger partial charge < -0.3 is 33.9 Å². The molecule has 0 aliphatic carbocycles. The van der Waals surface area contributed by atoms with Gasteiger partial charge in [0.2, 0.25) is 5.75 Å². The Balaban J connectivity index is 1.87. The van der Waals surface area contributed by atoms with Gasteiger partial charge >= 0.3 is 0 Å². The Morgan fingerprint density at radius 2 is 1.71 bits per heavy atom. The number of nitrogens with one attached hydrogen (secondary N) is 1. The third-order valence-corrected chi connectivity index (χ3v) is 7.42. The van der Waals surface area contributed by atoms with Crippen LogP contribution in [-0.4, -0.2) is 75.3 Å². The van der Waals surface area contributed by atoms with E-state index in [0.29, 0.717) is 47.9 Å². The molecule has 1 amide bonds. The number of likely N-dealkylation sites (tertiary alicyclic amines) is 1. The first-order valence-electron chi connectivity index (χ1n) is 13.0. The fourth-order valence-electron chi connectivity index (χ4n) is 5.32. The maximum absolute atomic E-state index is 13.5. The average molecular weight is 526 g/mol. The lowest BCUT2D eigenvalue weighted by Gasteiger charge is -2.27. The van der Waals surface area contributed by atoms with Crippen molar-refractivity contribution in [2.75, 3.05) is 47.5 Å². The number of hydrogen-bond donors (Lipinski definition) is 2. The molecule has 4 rings (SSSR count). The minimum Gasteiger partial charge on any atom is -0.507 e. The number of hydrogen-bond acceptors (Lipinski definition) is 7. The number of carbonyl (C=O) groups excluding carboxylic acids is 2. The molecule has 1 saturated heterocycles. The summed E-state index contributed by atoms with van der Waals surface area (Å²) < 4.78 is 22.4. The first-order chi connectivity index (χ1) is 18.3. The second-order valence-corrected chi connectivity index (χ2v) is 9.61. The molecule has 0 radical (unpaired) electrons. The maximum atomic E-state index is 13.5. The van der Waals surface area contributed by atoms with Crippen LogP contribution in [0.1, 0.15) is 43.5 Å². The second-order valence-electron chi connectivity index (χ2n) is 9.61. The molecule has 2 aliphatic rings. The Hall–Kier alpha value is -3.72. The van der Waals surface area contributed by atoms with E-state index in [0.717, 1.165) is 24.4 Å². The van der Waals surface area contributed by atoms with Gasteiger partial charge in [0, 0.05) is 12.0 Å². The predicted octanol–water partition coefficient (Wildman–Crippen LogP) is 2.38. The number of nitrogens with zero attached hydrogens (tertiary/aromatic N) is 1. The number of carbonyl (C=O) groups is 2. The number of fused-ring (bicyclic) bond motifs is 1. The topological polar surface area (TPSA) is 99.0 Å². The quantitative estimate of drug-likeness (QED) is 0.279. The van der Waals surface area contributed by atoms with E-state index in [-0.39, 0.29) is 17.4 Å². The normalized spacial score (nSPS) is 20.0. The zero-order valence-electron chi connectivity index (χ0n) is 22.9. The van der Waals surface area contributed by atoms with Crippen molar-refractivity contribution in [1.82, 2.24) is 4.90 Å². The van der Waals surface area contributed by atoms with Crippen molar-refractivity contribution in [2.45, 2.75) is 39.3 Å². The van der Waals surface area contributed by atoms with Crippen LogP contribution in [0, 0.1) is 0 Å². The highest BCUT2D eigenvalue weighted by molar-refractivity contribution is 6.46. The van der Waals surface area contributed by atoms with E-state index >= 15 is 0 Å². The third kappa shape index (κ3) is 4.90. The van der Waals surface area contributed by atoms with Crippen LogP contribution in [0.5, 0.6) is 23.0 Å². The molecular weight excluding hydrogens is 488 g/mol. The van der Waals surface area contributed by atoms with E-state index in [9.17, 15) is 14.7 Å². The van der Waals surface area contributed by atoms with Gasteiger partial charge in [-0.15, -0.1) is 0 Å². The lowest BCUT2D eigenvalue weighted by Crippen LogP contribution is -3.12. The number of Topliss-reactive ketones (excluding diaryl/α,β-unsaturated/α-hetero) is 1. The van der Waals surface area contributed by atoms with E-state index in [1.807, 2.05) is 13.0 Å². The Labute approximate surface area is 223 Å². The van der Waals surface area contributed by atoms with Crippen LogP contribution < -0.4 is 23.8 Å². The standard InChI is InChI=1S/C29H36N2O7/c1-7-30(8-2)11-12-31-25(20-15-22(35-4)28(37-6)23(16-20)36-5)24(27(33)29(31)34)26(32)18-9-10-21-19(14-18)13-17(3)38-21/h9-10,14-17,25,32H,7-8,11-13H2,1-6H3/p+1/t17-,25-/m1/s1. The Kier molecular flexibility index (Phi) is 8.16. The van der Waals surface area contributed by atoms with E-state index in [4.69, 9.17) is 18.9 Å². The smallest absolute Gasteiger partial charge is 0.295 e. The van der Waals surface area contributed by atoms with Gasteiger partial charge in [-0.05, 0) is 62.2 Å². The highest BCUT2D eigenvalue weighted by Gasteiger charge is 2.47. The number of methoxy groups -OCH3 is 3. The molecule has 2 aliphatic heterocycles. The van der Waals surface area contributed by atoms with Gasteiger partial charge in [-0.2, -0.15) is 0 Å². The molecule has 0 aromatic heterocycles. The maximum Gasteiger partial charge on any atom is 0.295 e. The fourth-order valence-corrected chi connectivity index (χ4v) is 5.32. The zero-order valence-corrected chi connectivity index (χ0v) is 22.9. The summed E-state index contributed by atoms with van der Waals surface area (Å²) >= 11 is 0. The van der Waals surface area contributed by atoms with Gasteiger partial charge in [-0.3, -0.25) is 9.59 Å². The van der Waals surface area contributed by atoms with Crippen LogP contribution in [0.4, 0.5) is 0 Å². The van der Waals surface area contributed by atoms with E-state index in [1.54, 1.807) is 29.2 Å². The van der Waals surface area contributed by atoms with Gasteiger partial charge in [-0.1, -0.05) is 0 Å². The van der Waals surface area contributed by atoms with E-state index < -0.39 is 17.7 Å². The molecule has 0 unspecified atom stereocenters. The van der Waals surface area contributed by atoms with Gasteiger partial charge in [0.1, 0.15) is 17.6 Å². The number of benzene rings is 2. The van der Waals surface area contributed by atoms with Crippen molar-refractivity contribution >= 4 is 17.4 Å². The number of rotatable bonds is 10. The molecule has 2 heterocycles. The predicted molar refractivity (Wildman–Crippen MR) is 142 cm³/mol. The number of ketones is 1. The Morgan fingerprint density at radius 1 is 1.05 bits per heavy atom. The summed E-state index contributed by atoms with van der Waals surface area (Å²) in [6.07, 6.45) is 0.739. The second kappa shape index (κ2) is 11.3. The lowest BCUT2D eigenvalue weighted by molar-refractivity contribution is -0.895. The summed E-state index contributed by atoms with van der Waals surface area (Å²) in [6.45, 7) is 8.94. The first kappa shape index (κ1) is 27.3. The molecule has 0 saturated carbocycles. The Morgan fingerprint density at radius 3 is 2.29 bits per heavy atom. The van der Waals surface area contributed by atoms with Gasteiger partial charge in [-0.25, -0.2) is 0 Å². The largest absolute Gasteiger partial charge is 0.507 e. The van der Waals surface area contributed by atoms with Crippen LogP contribution in [0.2, 0.25) is 0 Å². The van der Waals surface area contributed by atoms with Crippen molar-refractivity contribution in [3.8, 4) is 23.0 Å². The Bertz CT molecular complexity index is 1230. The number of aliphatic hydroxyl groups excluding tert-OH is 1. The molecule has 38 heavy (non-hydrogen) atoms. The SMILES string of the molecule is CC[NH+](CC)CCN1C(=O)C(=O)C(=C(O)c2ccc3c(c2)C[C@@H](C)O3)[C@H]1c1cc(OC)c(OC)c(OC)c1. The number of ether oxygens (including phenoxy) is 4. The van der Waals surface area contributed by atoms with E-state index in [1.165, 1.54) is 26.2 Å². The molecule has 0 bridgehead atoms. The third-order valence-electron chi connectivity index (χ3n) is 7.42. The number of amides is 1. The molecule has 0 spiro atoms. The molecular formula is C29H37N2O7+. The van der Waals surface area contributed by atoms with Crippen molar-refractivity contribution < 1.29 is 38.5 Å². The van der Waals surface area contributed by atoms with Crippen molar-refractivity contribution in [3.63, 3.8) is 0 Å². The summed E-state index contributed by atoms with van der Waals surface area (Å²) in [4.78, 5) is 29.7. The van der Waals surface area contributed by atoms with Crippen molar-refractivity contribution in [3.05, 3.63) is 52.6 Å². The zero-order chi connectivity index (χ0) is 27.6. The fraction of sp³-hybridized carbons (Fsp3) is 0.448. The van der Waals surface area contributed by atoms with Gasteiger partial charge in [0.05, 0.1) is 59.1 Å². The minimum atomic E-state index is -0.831. The van der Waals surface area contributed by atoms with Crippen molar-refractivity contribution in [2.24, 2.45) is 0 Å². The lowest BCUT2D eigenvalue weighted by atomic mass is 9.94. The molecule has 9 heteroatoms. The van der Waals surface area contributed by atoms with Crippen LogP contribution in [0.3, 0.4) is 0 Å². The minimum absolute atomic E-state index is 0.0331. The molecule has 1 fully saturated rings. The summed E-state index contributed by atoms with van der Waals surface area (Å²) in [5.74, 6) is 0.364. The summed E-state index contributed by atoms with van der Waals surface area (Å²) in [5.41, 5.74) is 2.02. The molecule has 2 aromatic rings. The summed E-state index contributed by atoms with van der Waals surface area (Å²) in [6, 6.07) is 7.95. The van der Waals surface area contributed by atoms with Gasteiger partial charge in [0.25, 0.3) is 11.7 Å². The summed E-state index contributed by atoms with van der Waals surface area (Å²) in [7, 11) is 4.53. The first-order valence-corrected chi connectivity index (χ1v) is 13.0. The summed E-state index contributed by atoms with van der Waals surface area (Å²) in [5, 5.41) is 11.5. The highest BCUT2D eigenvalue weighted by atomic mass is 16.5. The van der Waals surface area contributed by atoms with Crippen LogP contribution in [0.15, 0.2) is 35.9 Å². The highest BCUT2D eigenvalue weighted by Crippen LogP contribution is 2.46. The molecule has 2 aromatic carbocycles. The average Bonchev–Trinajstić information content (AvgIpc) is 3.43. The molecule has 2 atom stereocenters. The van der Waals surface area contributed by atoms with Crippen LogP contribution in [-0.2, 0) is 16.0 Å². The number of likely N-dealkylation sites (N-methyl/N-ethyl adjacent to an activating group) is 1. The van der Waals surface area contributed by atoms with Crippen LogP contribution in [0.25, 0.3) is 5.76 Å². The van der Waals surface area contributed by atoms with Crippen molar-refractivity contribution in [1.29, 1.82) is 0 Å². The number of aliphatic hydroxyl groups is 1. The molecule has 2 N–H and O–H groups in total. The molecule has 9 nitrogen and oxygen atoms in total.